The van der Waals surface area contributed by atoms with Crippen molar-refractivity contribution in [3.63, 3.8) is 0 Å². The van der Waals surface area contributed by atoms with Gasteiger partial charge in [0.1, 0.15) is 0 Å². The molecule has 3 nitrogen and oxygen atoms in total. The van der Waals surface area contributed by atoms with Crippen molar-refractivity contribution in [3.8, 4) is 17.3 Å². The van der Waals surface area contributed by atoms with Gasteiger partial charge in [-0.25, -0.2) is 4.98 Å². The lowest BCUT2D eigenvalue weighted by atomic mass is 9.93. The highest BCUT2D eigenvalue weighted by Crippen LogP contribution is 2.36. The van der Waals surface area contributed by atoms with Crippen LogP contribution in [0.5, 0.6) is 0 Å². The first-order chi connectivity index (χ1) is 11.2. The zero-order valence-electron chi connectivity index (χ0n) is 13.5. The molecule has 1 aromatic carbocycles. The van der Waals surface area contributed by atoms with E-state index in [-0.39, 0.29) is 0 Å². The van der Waals surface area contributed by atoms with Crippen LogP contribution in [-0.2, 0) is 19.3 Å². The minimum Gasteiger partial charge on any atom is -0.290 e. The van der Waals surface area contributed by atoms with Crippen molar-refractivity contribution in [2.24, 2.45) is 5.92 Å². The monoisotopic (exact) mass is 321 g/mol. The van der Waals surface area contributed by atoms with Gasteiger partial charge in [-0.15, -0.1) is 11.3 Å². The third-order valence-electron chi connectivity index (χ3n) is 4.73. The van der Waals surface area contributed by atoms with Gasteiger partial charge >= 0.3 is 0 Å². The molecule has 4 heteroatoms. The smallest absolute Gasteiger partial charge is 0.194 e. The number of fused-ring (bicyclic) bond motifs is 3. The maximum Gasteiger partial charge on any atom is 0.194 e. The molecule has 0 saturated carbocycles. The van der Waals surface area contributed by atoms with E-state index in [1.807, 2.05) is 0 Å². The molecule has 0 saturated heterocycles. The summed E-state index contributed by atoms with van der Waals surface area (Å²) >= 11 is 1.80. The SMILES string of the molecule is Cc1ccc(-c2nc3sc4c(n3c2CC#N)CCC(C)C4)cc1. The summed E-state index contributed by atoms with van der Waals surface area (Å²) in [6.07, 6.45) is 3.87. The largest absolute Gasteiger partial charge is 0.290 e. The molecule has 116 valence electrons. The highest BCUT2D eigenvalue weighted by molar-refractivity contribution is 7.17. The van der Waals surface area contributed by atoms with Crippen LogP contribution in [0.15, 0.2) is 24.3 Å². The van der Waals surface area contributed by atoms with Gasteiger partial charge in [0.05, 0.1) is 23.9 Å². The number of aromatic nitrogens is 2. The lowest BCUT2D eigenvalue weighted by molar-refractivity contribution is 0.498. The van der Waals surface area contributed by atoms with Gasteiger partial charge in [-0.05, 0) is 32.1 Å². The summed E-state index contributed by atoms with van der Waals surface area (Å²) < 4.78 is 2.27. The average Bonchev–Trinajstić information content (AvgIpc) is 3.05. The maximum absolute atomic E-state index is 9.31. The summed E-state index contributed by atoms with van der Waals surface area (Å²) in [7, 11) is 0. The topological polar surface area (TPSA) is 41.1 Å². The standard InChI is InChI=1S/C19H19N3S/c1-12-3-6-14(7-4-12)18-16(9-10-20)22-15-8-5-13(2)11-17(15)23-19(22)21-18/h3-4,6-7,13H,5,8-9,11H2,1-2H3. The van der Waals surface area contributed by atoms with Gasteiger partial charge in [0.15, 0.2) is 4.96 Å². The second-order valence-electron chi connectivity index (χ2n) is 6.55. The van der Waals surface area contributed by atoms with Crippen LogP contribution in [-0.4, -0.2) is 9.38 Å². The molecule has 0 bridgehead atoms. The third kappa shape index (κ3) is 2.36. The molecule has 23 heavy (non-hydrogen) atoms. The molecule has 0 aliphatic heterocycles. The molecule has 0 amide bonds. The fourth-order valence-electron chi connectivity index (χ4n) is 3.46. The van der Waals surface area contributed by atoms with Crippen LogP contribution >= 0.6 is 11.3 Å². The summed E-state index contributed by atoms with van der Waals surface area (Å²) in [4.78, 5) is 7.40. The number of imidazole rings is 1. The molecule has 2 heterocycles. The van der Waals surface area contributed by atoms with Crippen LogP contribution in [0.25, 0.3) is 16.2 Å². The van der Waals surface area contributed by atoms with Gasteiger partial charge in [0, 0.05) is 16.1 Å². The first-order valence-corrected chi connectivity index (χ1v) is 8.95. The third-order valence-corrected chi connectivity index (χ3v) is 5.83. The molecule has 0 radical (unpaired) electrons. The van der Waals surface area contributed by atoms with Crippen molar-refractivity contribution >= 4 is 16.3 Å². The molecule has 0 spiro atoms. The Kier molecular flexibility index (Phi) is 3.46. The zero-order chi connectivity index (χ0) is 16.0. The molecular weight excluding hydrogens is 302 g/mol. The van der Waals surface area contributed by atoms with Gasteiger partial charge in [-0.2, -0.15) is 5.26 Å². The van der Waals surface area contributed by atoms with Crippen molar-refractivity contribution in [2.45, 2.75) is 39.5 Å². The van der Waals surface area contributed by atoms with E-state index in [1.54, 1.807) is 11.3 Å². The van der Waals surface area contributed by atoms with Crippen LogP contribution in [0, 0.1) is 24.2 Å². The van der Waals surface area contributed by atoms with Gasteiger partial charge in [0.25, 0.3) is 0 Å². The van der Waals surface area contributed by atoms with Crippen LogP contribution in [0.2, 0.25) is 0 Å². The zero-order valence-corrected chi connectivity index (χ0v) is 14.3. The summed E-state index contributed by atoms with van der Waals surface area (Å²) in [5, 5.41) is 9.31. The summed E-state index contributed by atoms with van der Waals surface area (Å²) in [5.74, 6) is 0.752. The fraction of sp³-hybridized carbons (Fsp3) is 0.368. The fourth-order valence-corrected chi connectivity index (χ4v) is 4.81. The van der Waals surface area contributed by atoms with E-state index in [0.717, 1.165) is 40.7 Å². The van der Waals surface area contributed by atoms with Crippen molar-refractivity contribution in [1.29, 1.82) is 5.26 Å². The van der Waals surface area contributed by atoms with Crippen molar-refractivity contribution in [3.05, 3.63) is 46.1 Å². The second-order valence-corrected chi connectivity index (χ2v) is 7.61. The molecule has 1 aliphatic rings. The van der Waals surface area contributed by atoms with Crippen LogP contribution in [0.4, 0.5) is 0 Å². The lowest BCUT2D eigenvalue weighted by Gasteiger charge is -2.18. The summed E-state index contributed by atoms with van der Waals surface area (Å²) in [5.41, 5.74) is 5.76. The number of hydrogen-bond donors (Lipinski definition) is 0. The van der Waals surface area contributed by atoms with Crippen LogP contribution in [0.1, 0.15) is 35.2 Å². The molecule has 1 unspecified atom stereocenters. The van der Waals surface area contributed by atoms with E-state index in [2.05, 4.69) is 48.6 Å². The van der Waals surface area contributed by atoms with E-state index in [4.69, 9.17) is 4.98 Å². The van der Waals surface area contributed by atoms with E-state index in [1.165, 1.54) is 22.6 Å². The van der Waals surface area contributed by atoms with E-state index in [0.29, 0.717) is 6.42 Å². The predicted octanol–water partition coefficient (Wildman–Crippen LogP) is 4.56. The molecule has 1 aliphatic carbocycles. The number of benzene rings is 1. The van der Waals surface area contributed by atoms with Gasteiger partial charge < -0.3 is 0 Å². The van der Waals surface area contributed by atoms with Gasteiger partial charge in [-0.1, -0.05) is 36.8 Å². The highest BCUT2D eigenvalue weighted by atomic mass is 32.1. The number of rotatable bonds is 2. The number of hydrogen-bond acceptors (Lipinski definition) is 3. The van der Waals surface area contributed by atoms with E-state index in [9.17, 15) is 5.26 Å². The molecular formula is C19H19N3S. The molecule has 0 fully saturated rings. The maximum atomic E-state index is 9.31. The number of nitrogens with zero attached hydrogens (tertiary/aromatic N) is 3. The Balaban J connectivity index is 1.92. The first kappa shape index (κ1) is 14.5. The highest BCUT2D eigenvalue weighted by Gasteiger charge is 2.25. The normalized spacial score (nSPS) is 17.2. The molecule has 4 rings (SSSR count). The van der Waals surface area contributed by atoms with Crippen molar-refractivity contribution < 1.29 is 0 Å². The van der Waals surface area contributed by atoms with E-state index >= 15 is 0 Å². The minimum atomic E-state index is 0.406. The Morgan fingerprint density at radius 1 is 1.35 bits per heavy atom. The van der Waals surface area contributed by atoms with Crippen molar-refractivity contribution in [1.82, 2.24) is 9.38 Å². The summed E-state index contributed by atoms with van der Waals surface area (Å²) in [6, 6.07) is 10.8. The number of aryl methyl sites for hydroxylation is 2. The molecule has 1 atom stereocenters. The minimum absolute atomic E-state index is 0.406. The van der Waals surface area contributed by atoms with E-state index < -0.39 is 0 Å². The number of thiazole rings is 1. The van der Waals surface area contributed by atoms with Crippen LogP contribution in [0.3, 0.4) is 0 Å². The van der Waals surface area contributed by atoms with Gasteiger partial charge in [-0.3, -0.25) is 4.40 Å². The van der Waals surface area contributed by atoms with Crippen LogP contribution < -0.4 is 0 Å². The average molecular weight is 321 g/mol. The predicted molar refractivity (Wildman–Crippen MR) is 93.7 cm³/mol. The quantitative estimate of drug-likeness (QED) is 0.694. The van der Waals surface area contributed by atoms with Crippen molar-refractivity contribution in [2.75, 3.05) is 0 Å². The second kappa shape index (κ2) is 5.50. The van der Waals surface area contributed by atoms with Gasteiger partial charge in [0.2, 0.25) is 0 Å². The Morgan fingerprint density at radius 2 is 2.13 bits per heavy atom. The Hall–Kier alpha value is -2.12. The Morgan fingerprint density at radius 3 is 2.87 bits per heavy atom. The molecule has 0 N–H and O–H groups in total. The molecule has 3 aromatic rings. The number of nitriles is 1. The first-order valence-electron chi connectivity index (χ1n) is 8.13. The summed E-state index contributed by atoms with van der Waals surface area (Å²) in [6.45, 7) is 4.41. The Labute approximate surface area is 140 Å². The lowest BCUT2D eigenvalue weighted by Crippen LogP contribution is -2.11. The Bertz CT molecular complexity index is 909. The molecule has 2 aromatic heterocycles.